The number of hydrogen-bond donors (Lipinski definition) is 1. The van der Waals surface area contributed by atoms with Crippen molar-refractivity contribution in [3.63, 3.8) is 0 Å². The van der Waals surface area contributed by atoms with Gasteiger partial charge in [-0.2, -0.15) is 5.48 Å². The van der Waals surface area contributed by atoms with E-state index in [1.165, 1.54) is 7.11 Å². The van der Waals surface area contributed by atoms with E-state index in [9.17, 15) is 8.42 Å². The molecule has 0 radical (unpaired) electrons. The summed E-state index contributed by atoms with van der Waals surface area (Å²) in [6.07, 6.45) is 1.14. The van der Waals surface area contributed by atoms with Crippen LogP contribution in [0, 0.1) is 0 Å². The Bertz CT molecular complexity index is 526. The molecule has 0 saturated heterocycles. The molecular formula is C10H13NO5S. The molecule has 6 nitrogen and oxygen atoms in total. The molecule has 1 aliphatic heterocycles. The van der Waals surface area contributed by atoms with E-state index in [-0.39, 0.29) is 24.0 Å². The van der Waals surface area contributed by atoms with Crippen LogP contribution in [0.15, 0.2) is 17.0 Å². The zero-order valence-corrected chi connectivity index (χ0v) is 10.3. The molecule has 0 amide bonds. The van der Waals surface area contributed by atoms with Crippen molar-refractivity contribution >= 4 is 9.84 Å². The molecule has 17 heavy (non-hydrogen) atoms. The second-order valence-corrected chi connectivity index (χ2v) is 5.54. The standard InChI is InChI=1S/C10H13NO5S/c1-14-11-5-7-3-4-8-9(16-6-15-8)10(7)17(2,12)13/h3-4,11H,5-6H2,1-2H3. The van der Waals surface area contributed by atoms with Crippen LogP contribution in [0.3, 0.4) is 0 Å². The Morgan fingerprint density at radius 3 is 2.82 bits per heavy atom. The highest BCUT2D eigenvalue weighted by atomic mass is 32.2. The number of sulfone groups is 1. The maximum Gasteiger partial charge on any atom is 0.231 e. The first-order chi connectivity index (χ1) is 8.04. The van der Waals surface area contributed by atoms with Crippen molar-refractivity contribution in [1.82, 2.24) is 5.48 Å². The van der Waals surface area contributed by atoms with Crippen molar-refractivity contribution in [3.8, 4) is 11.5 Å². The van der Waals surface area contributed by atoms with E-state index in [0.717, 1.165) is 6.26 Å². The molecule has 0 fully saturated rings. The van der Waals surface area contributed by atoms with E-state index in [2.05, 4.69) is 5.48 Å². The topological polar surface area (TPSA) is 73.9 Å². The van der Waals surface area contributed by atoms with Crippen LogP contribution < -0.4 is 15.0 Å². The largest absolute Gasteiger partial charge is 0.454 e. The Kier molecular flexibility index (Phi) is 3.23. The monoisotopic (exact) mass is 259 g/mol. The number of ether oxygens (including phenoxy) is 2. The summed E-state index contributed by atoms with van der Waals surface area (Å²) in [4.78, 5) is 4.87. The summed E-state index contributed by atoms with van der Waals surface area (Å²) >= 11 is 0. The molecule has 1 heterocycles. The van der Waals surface area contributed by atoms with Crippen molar-refractivity contribution in [1.29, 1.82) is 0 Å². The third-order valence-electron chi connectivity index (χ3n) is 2.35. The molecule has 1 N–H and O–H groups in total. The van der Waals surface area contributed by atoms with Crippen LogP contribution in [0.25, 0.3) is 0 Å². The van der Waals surface area contributed by atoms with Gasteiger partial charge in [-0.15, -0.1) is 0 Å². The molecule has 0 bridgehead atoms. The number of fused-ring (bicyclic) bond motifs is 1. The highest BCUT2D eigenvalue weighted by molar-refractivity contribution is 7.90. The van der Waals surface area contributed by atoms with E-state index in [4.69, 9.17) is 14.3 Å². The quantitative estimate of drug-likeness (QED) is 0.792. The van der Waals surface area contributed by atoms with Crippen LogP contribution in [0.2, 0.25) is 0 Å². The Hall–Kier alpha value is -1.31. The summed E-state index contributed by atoms with van der Waals surface area (Å²) < 4.78 is 33.9. The van der Waals surface area contributed by atoms with Gasteiger partial charge in [0.25, 0.3) is 0 Å². The molecular weight excluding hydrogens is 246 g/mol. The number of hydroxylamine groups is 1. The fourth-order valence-corrected chi connectivity index (χ4v) is 2.80. The lowest BCUT2D eigenvalue weighted by Crippen LogP contribution is -2.14. The van der Waals surface area contributed by atoms with Gasteiger partial charge in [0.15, 0.2) is 21.3 Å². The molecule has 0 spiro atoms. The smallest absolute Gasteiger partial charge is 0.231 e. The first-order valence-corrected chi connectivity index (χ1v) is 6.80. The van der Waals surface area contributed by atoms with E-state index in [1.807, 2.05) is 0 Å². The summed E-state index contributed by atoms with van der Waals surface area (Å²) in [7, 11) is -1.92. The minimum Gasteiger partial charge on any atom is -0.454 e. The molecule has 7 heteroatoms. The minimum absolute atomic E-state index is 0.0407. The van der Waals surface area contributed by atoms with Crippen molar-refractivity contribution in [2.75, 3.05) is 20.2 Å². The van der Waals surface area contributed by atoms with E-state index in [0.29, 0.717) is 11.3 Å². The van der Waals surface area contributed by atoms with Gasteiger partial charge in [0.2, 0.25) is 6.79 Å². The molecule has 2 rings (SSSR count). The molecule has 0 unspecified atom stereocenters. The van der Waals surface area contributed by atoms with Crippen LogP contribution >= 0.6 is 0 Å². The molecule has 0 atom stereocenters. The average Bonchev–Trinajstić information content (AvgIpc) is 2.71. The van der Waals surface area contributed by atoms with Gasteiger partial charge in [0.1, 0.15) is 4.90 Å². The fourth-order valence-electron chi connectivity index (χ4n) is 1.68. The first kappa shape index (κ1) is 12.2. The number of hydrogen-bond acceptors (Lipinski definition) is 6. The lowest BCUT2D eigenvalue weighted by molar-refractivity contribution is 0.0860. The Morgan fingerprint density at radius 2 is 2.18 bits per heavy atom. The Balaban J connectivity index is 2.53. The Labute approximate surface area is 99.4 Å². The lowest BCUT2D eigenvalue weighted by Gasteiger charge is -2.10. The van der Waals surface area contributed by atoms with Crippen molar-refractivity contribution in [3.05, 3.63) is 17.7 Å². The SMILES string of the molecule is CONCc1ccc2c(c1S(C)(=O)=O)OCO2. The first-order valence-electron chi connectivity index (χ1n) is 4.91. The van der Waals surface area contributed by atoms with Gasteiger partial charge in [0, 0.05) is 12.8 Å². The van der Waals surface area contributed by atoms with Crippen LogP contribution in [-0.2, 0) is 21.2 Å². The lowest BCUT2D eigenvalue weighted by atomic mass is 10.2. The van der Waals surface area contributed by atoms with Gasteiger partial charge in [-0.3, -0.25) is 0 Å². The zero-order chi connectivity index (χ0) is 12.5. The predicted octanol–water partition coefficient (Wildman–Crippen LogP) is 0.470. The normalized spacial score (nSPS) is 14.0. The van der Waals surface area contributed by atoms with Gasteiger partial charge < -0.3 is 14.3 Å². The van der Waals surface area contributed by atoms with Gasteiger partial charge >= 0.3 is 0 Å². The Morgan fingerprint density at radius 1 is 1.41 bits per heavy atom. The van der Waals surface area contributed by atoms with Gasteiger partial charge in [-0.1, -0.05) is 6.07 Å². The highest BCUT2D eigenvalue weighted by Crippen LogP contribution is 2.40. The van der Waals surface area contributed by atoms with Crippen molar-refractivity contribution < 1.29 is 22.7 Å². The van der Waals surface area contributed by atoms with Crippen LogP contribution in [0.5, 0.6) is 11.5 Å². The molecule has 0 aliphatic carbocycles. The van der Waals surface area contributed by atoms with E-state index in [1.54, 1.807) is 12.1 Å². The summed E-state index contributed by atoms with van der Waals surface area (Å²) in [5.41, 5.74) is 3.19. The van der Waals surface area contributed by atoms with Crippen molar-refractivity contribution in [2.45, 2.75) is 11.4 Å². The number of nitrogens with one attached hydrogen (secondary N) is 1. The number of rotatable bonds is 4. The van der Waals surface area contributed by atoms with E-state index >= 15 is 0 Å². The third-order valence-corrected chi connectivity index (χ3v) is 3.54. The summed E-state index contributed by atoms with van der Waals surface area (Å²) in [5.74, 6) is 0.731. The second kappa shape index (κ2) is 4.52. The van der Waals surface area contributed by atoms with Gasteiger partial charge in [-0.25, -0.2) is 8.42 Å². The molecule has 1 aliphatic rings. The van der Waals surface area contributed by atoms with Gasteiger partial charge in [-0.05, 0) is 11.6 Å². The summed E-state index contributed by atoms with van der Waals surface area (Å²) in [6, 6.07) is 3.36. The maximum absolute atomic E-state index is 11.8. The van der Waals surface area contributed by atoms with E-state index < -0.39 is 9.84 Å². The molecule has 1 aromatic rings. The van der Waals surface area contributed by atoms with Gasteiger partial charge in [0.05, 0.1) is 7.11 Å². The molecule has 0 aromatic heterocycles. The maximum atomic E-state index is 11.8. The minimum atomic E-state index is -3.39. The second-order valence-electron chi connectivity index (χ2n) is 3.59. The molecule has 0 saturated carbocycles. The molecule has 1 aromatic carbocycles. The van der Waals surface area contributed by atoms with Crippen LogP contribution in [0.1, 0.15) is 5.56 Å². The summed E-state index contributed by atoms with van der Waals surface area (Å²) in [5, 5.41) is 0. The third kappa shape index (κ3) is 2.36. The average molecular weight is 259 g/mol. The number of benzene rings is 1. The molecule has 94 valence electrons. The summed E-state index contributed by atoms with van der Waals surface area (Å²) in [6.45, 7) is 0.314. The predicted molar refractivity (Wildman–Crippen MR) is 59.5 cm³/mol. The van der Waals surface area contributed by atoms with Crippen LogP contribution in [-0.4, -0.2) is 28.6 Å². The fraction of sp³-hybridized carbons (Fsp3) is 0.400. The van der Waals surface area contributed by atoms with Crippen LogP contribution in [0.4, 0.5) is 0 Å². The zero-order valence-electron chi connectivity index (χ0n) is 9.52. The highest BCUT2D eigenvalue weighted by Gasteiger charge is 2.26. The van der Waals surface area contributed by atoms with Crippen molar-refractivity contribution in [2.24, 2.45) is 0 Å².